The zero-order valence-corrected chi connectivity index (χ0v) is 16.6. The highest BCUT2D eigenvalue weighted by molar-refractivity contribution is 5.86. The first-order valence-electron chi connectivity index (χ1n) is 10.6. The van der Waals surface area contributed by atoms with Gasteiger partial charge < -0.3 is 25.0 Å². The number of methoxy groups -OCH3 is 1. The smallest absolute Gasteiger partial charge is 0.224 e. The van der Waals surface area contributed by atoms with E-state index < -0.39 is 0 Å². The lowest BCUT2D eigenvalue weighted by molar-refractivity contribution is -0.0120. The highest BCUT2D eigenvalue weighted by Gasteiger charge is 2.38. The maximum Gasteiger partial charge on any atom is 0.224 e. The van der Waals surface area contributed by atoms with Crippen molar-refractivity contribution in [3.05, 3.63) is 18.0 Å². The van der Waals surface area contributed by atoms with Gasteiger partial charge in [0.25, 0.3) is 0 Å². The summed E-state index contributed by atoms with van der Waals surface area (Å²) in [6, 6.07) is 0.250. The van der Waals surface area contributed by atoms with E-state index >= 15 is 0 Å². The van der Waals surface area contributed by atoms with Crippen molar-refractivity contribution < 1.29 is 19.7 Å². The van der Waals surface area contributed by atoms with E-state index in [0.29, 0.717) is 30.6 Å². The molecule has 2 aromatic heterocycles. The van der Waals surface area contributed by atoms with E-state index in [9.17, 15) is 10.2 Å². The topological polar surface area (TPSA) is 110 Å². The number of ether oxygens (including phenoxy) is 2. The fraction of sp³-hybridized carbons (Fsp3) is 0.667. The SMILES string of the molecule is CO[C@H]1C[C@@H]1Nc1ncc2c(O[C@H]3C[C@@H](O)C3)ncc([C@H]3CC[C@H](O)CC3)c2n1. The summed E-state index contributed by atoms with van der Waals surface area (Å²) in [5.74, 6) is 1.45. The molecular weight excluding hydrogens is 372 g/mol. The van der Waals surface area contributed by atoms with Crippen LogP contribution in [0.1, 0.15) is 56.4 Å². The van der Waals surface area contributed by atoms with Crippen LogP contribution in [-0.4, -0.2) is 62.7 Å². The number of nitrogens with zero attached hydrogens (tertiary/aromatic N) is 3. The van der Waals surface area contributed by atoms with Gasteiger partial charge in [-0.2, -0.15) is 0 Å². The summed E-state index contributed by atoms with van der Waals surface area (Å²) >= 11 is 0. The molecule has 0 aromatic carbocycles. The molecule has 5 rings (SSSR count). The van der Waals surface area contributed by atoms with Crippen LogP contribution in [0.25, 0.3) is 10.9 Å². The molecule has 8 nitrogen and oxygen atoms in total. The predicted molar refractivity (Wildman–Crippen MR) is 107 cm³/mol. The van der Waals surface area contributed by atoms with Gasteiger partial charge in [-0.1, -0.05) is 0 Å². The molecule has 3 aliphatic carbocycles. The molecule has 3 aliphatic rings. The summed E-state index contributed by atoms with van der Waals surface area (Å²) in [6.07, 6.45) is 9.06. The quantitative estimate of drug-likeness (QED) is 0.677. The summed E-state index contributed by atoms with van der Waals surface area (Å²) in [5.41, 5.74) is 1.96. The normalized spacial score (nSPS) is 33.9. The summed E-state index contributed by atoms with van der Waals surface area (Å²) < 4.78 is 11.4. The monoisotopic (exact) mass is 400 g/mol. The van der Waals surface area contributed by atoms with E-state index in [1.54, 1.807) is 13.3 Å². The van der Waals surface area contributed by atoms with Gasteiger partial charge in [0.05, 0.1) is 35.3 Å². The maximum absolute atomic E-state index is 9.88. The standard InChI is InChI=1S/C21H28N4O4/c1-28-18-8-17(18)24-21-23-10-16-19(25-21)15(11-2-4-12(26)5-3-11)9-22-20(16)29-14-6-13(27)7-14/h9-14,17-18,26-27H,2-8H2,1H3,(H,23,24,25)/t11-,12-,13-,14+,17-,18-/m0/s1. The Hall–Kier alpha value is -2.03. The molecule has 3 N–H and O–H groups in total. The van der Waals surface area contributed by atoms with Crippen molar-refractivity contribution >= 4 is 16.9 Å². The van der Waals surface area contributed by atoms with E-state index in [2.05, 4.69) is 15.3 Å². The summed E-state index contributed by atoms with van der Waals surface area (Å²) in [7, 11) is 1.72. The first-order valence-corrected chi connectivity index (χ1v) is 10.6. The van der Waals surface area contributed by atoms with E-state index in [1.165, 1.54) is 0 Å². The van der Waals surface area contributed by atoms with Crippen LogP contribution in [0.15, 0.2) is 12.4 Å². The third kappa shape index (κ3) is 3.89. The predicted octanol–water partition coefficient (Wildman–Crippen LogP) is 2.14. The van der Waals surface area contributed by atoms with E-state index in [1.807, 2.05) is 6.20 Å². The number of anilines is 1. The van der Waals surface area contributed by atoms with Crippen LogP contribution in [0.2, 0.25) is 0 Å². The molecule has 0 unspecified atom stereocenters. The minimum absolute atomic E-state index is 0.0110. The van der Waals surface area contributed by atoms with Crippen LogP contribution in [0.4, 0.5) is 5.95 Å². The zero-order chi connectivity index (χ0) is 20.0. The van der Waals surface area contributed by atoms with Crippen molar-refractivity contribution in [3.63, 3.8) is 0 Å². The number of nitrogens with one attached hydrogen (secondary N) is 1. The van der Waals surface area contributed by atoms with Crippen molar-refractivity contribution in [1.82, 2.24) is 15.0 Å². The fourth-order valence-electron chi connectivity index (χ4n) is 4.41. The maximum atomic E-state index is 9.88. The molecule has 3 saturated carbocycles. The van der Waals surface area contributed by atoms with Crippen LogP contribution in [0, 0.1) is 0 Å². The Bertz CT molecular complexity index is 880. The van der Waals surface area contributed by atoms with Crippen LogP contribution < -0.4 is 10.1 Å². The number of rotatable bonds is 6. The molecule has 2 atom stereocenters. The number of aliphatic hydroxyl groups excluding tert-OH is 2. The molecule has 156 valence electrons. The van der Waals surface area contributed by atoms with Gasteiger partial charge in [-0.15, -0.1) is 0 Å². The Balaban J connectivity index is 1.46. The van der Waals surface area contributed by atoms with Gasteiger partial charge >= 0.3 is 0 Å². The number of hydrogen-bond acceptors (Lipinski definition) is 8. The van der Waals surface area contributed by atoms with Gasteiger partial charge in [-0.3, -0.25) is 0 Å². The lowest BCUT2D eigenvalue weighted by Gasteiger charge is -2.31. The van der Waals surface area contributed by atoms with Crippen molar-refractivity contribution in [1.29, 1.82) is 0 Å². The second kappa shape index (κ2) is 7.66. The highest BCUT2D eigenvalue weighted by atomic mass is 16.5. The zero-order valence-electron chi connectivity index (χ0n) is 16.6. The summed E-state index contributed by atoms with van der Waals surface area (Å²) in [5, 5.41) is 23.6. The number of hydrogen-bond donors (Lipinski definition) is 3. The van der Waals surface area contributed by atoms with Crippen LogP contribution >= 0.6 is 0 Å². The van der Waals surface area contributed by atoms with Crippen LogP contribution in [-0.2, 0) is 4.74 Å². The first kappa shape index (κ1) is 19.0. The summed E-state index contributed by atoms with van der Waals surface area (Å²) in [6.45, 7) is 0. The summed E-state index contributed by atoms with van der Waals surface area (Å²) in [4.78, 5) is 13.9. The third-order valence-corrected chi connectivity index (χ3v) is 6.45. The molecule has 0 aliphatic heterocycles. The largest absolute Gasteiger partial charge is 0.474 e. The van der Waals surface area contributed by atoms with Crippen LogP contribution in [0.3, 0.4) is 0 Å². The van der Waals surface area contributed by atoms with Crippen molar-refractivity contribution in [2.45, 2.75) is 81.3 Å². The second-order valence-electron chi connectivity index (χ2n) is 8.61. The molecule has 0 bridgehead atoms. The average molecular weight is 400 g/mol. The first-order chi connectivity index (χ1) is 14.1. The Kier molecular flexibility index (Phi) is 5.01. The van der Waals surface area contributed by atoms with Gasteiger partial charge in [0, 0.05) is 37.9 Å². The minimum atomic E-state index is -0.279. The molecule has 2 heterocycles. The molecule has 3 fully saturated rings. The van der Waals surface area contributed by atoms with Gasteiger partial charge in [-0.05, 0) is 38.0 Å². The fourth-order valence-corrected chi connectivity index (χ4v) is 4.41. The van der Waals surface area contributed by atoms with E-state index in [0.717, 1.165) is 48.6 Å². The molecule has 8 heteroatoms. The third-order valence-electron chi connectivity index (χ3n) is 6.45. The molecule has 0 radical (unpaired) electrons. The number of aliphatic hydroxyl groups is 2. The van der Waals surface area contributed by atoms with Crippen molar-refractivity contribution in [2.75, 3.05) is 12.4 Å². The molecule has 0 amide bonds. The highest BCUT2D eigenvalue weighted by Crippen LogP contribution is 2.39. The van der Waals surface area contributed by atoms with Crippen molar-refractivity contribution in [3.8, 4) is 5.88 Å². The molecule has 0 spiro atoms. The van der Waals surface area contributed by atoms with E-state index in [-0.39, 0.29) is 30.5 Å². The Labute approximate surface area is 169 Å². The minimum Gasteiger partial charge on any atom is -0.474 e. The average Bonchev–Trinajstić information content (AvgIpc) is 3.45. The van der Waals surface area contributed by atoms with Gasteiger partial charge in [0.15, 0.2) is 0 Å². The molecule has 2 aromatic rings. The second-order valence-corrected chi connectivity index (χ2v) is 8.61. The molecular formula is C21H28N4O4. The lowest BCUT2D eigenvalue weighted by Crippen LogP contribution is -2.37. The number of aromatic nitrogens is 3. The van der Waals surface area contributed by atoms with Gasteiger partial charge in [0.1, 0.15) is 6.10 Å². The molecule has 29 heavy (non-hydrogen) atoms. The van der Waals surface area contributed by atoms with Crippen molar-refractivity contribution in [2.24, 2.45) is 0 Å². The Morgan fingerprint density at radius 2 is 1.79 bits per heavy atom. The Morgan fingerprint density at radius 3 is 2.48 bits per heavy atom. The lowest BCUT2D eigenvalue weighted by atomic mass is 9.83. The van der Waals surface area contributed by atoms with E-state index in [4.69, 9.17) is 14.5 Å². The van der Waals surface area contributed by atoms with Gasteiger partial charge in [0.2, 0.25) is 11.8 Å². The Morgan fingerprint density at radius 1 is 1.00 bits per heavy atom. The number of fused-ring (bicyclic) bond motifs is 1. The molecule has 0 saturated heterocycles. The van der Waals surface area contributed by atoms with Crippen LogP contribution in [0.5, 0.6) is 5.88 Å². The van der Waals surface area contributed by atoms with Gasteiger partial charge in [-0.25, -0.2) is 15.0 Å². The number of pyridine rings is 1.